The highest BCUT2D eigenvalue weighted by Gasteiger charge is 2.23. The molecule has 1 fully saturated rings. The Labute approximate surface area is 116 Å². The van der Waals surface area contributed by atoms with Gasteiger partial charge in [-0.2, -0.15) is 0 Å². The Balaban J connectivity index is 1.84. The highest BCUT2D eigenvalue weighted by Crippen LogP contribution is 2.26. The number of hydrogen-bond acceptors (Lipinski definition) is 4. The van der Waals surface area contributed by atoms with E-state index in [0.29, 0.717) is 17.9 Å². The molecule has 0 amide bonds. The van der Waals surface area contributed by atoms with Crippen LogP contribution in [0.5, 0.6) is 5.88 Å². The van der Waals surface area contributed by atoms with Gasteiger partial charge >= 0.3 is 0 Å². The molecule has 106 valence electrons. The normalized spacial score (nSPS) is 23.3. The van der Waals surface area contributed by atoms with E-state index in [9.17, 15) is 0 Å². The van der Waals surface area contributed by atoms with Crippen LogP contribution in [-0.2, 0) is 6.54 Å². The second kappa shape index (κ2) is 7.43. The van der Waals surface area contributed by atoms with Gasteiger partial charge in [0.25, 0.3) is 0 Å². The van der Waals surface area contributed by atoms with E-state index in [1.165, 1.54) is 19.3 Å². The van der Waals surface area contributed by atoms with Gasteiger partial charge in [-0.25, -0.2) is 4.98 Å². The summed E-state index contributed by atoms with van der Waals surface area (Å²) in [4.78, 5) is 8.75. The second-order valence-electron chi connectivity index (χ2n) is 5.44. The molecule has 0 bridgehead atoms. The molecular weight excluding hydrogens is 238 g/mol. The first-order valence-electron chi connectivity index (χ1n) is 7.48. The number of hydrogen-bond donors (Lipinski definition) is 1. The van der Waals surface area contributed by atoms with Crippen molar-refractivity contribution >= 4 is 0 Å². The van der Waals surface area contributed by atoms with Crippen molar-refractivity contribution in [3.8, 4) is 5.88 Å². The monoisotopic (exact) mass is 263 g/mol. The molecule has 1 aromatic heterocycles. The van der Waals surface area contributed by atoms with Gasteiger partial charge in [0.15, 0.2) is 0 Å². The molecule has 0 radical (unpaired) electrons. The molecule has 2 unspecified atom stereocenters. The zero-order chi connectivity index (χ0) is 13.5. The van der Waals surface area contributed by atoms with E-state index in [1.54, 1.807) is 6.20 Å². The summed E-state index contributed by atoms with van der Waals surface area (Å²) < 4.78 is 5.95. The minimum absolute atomic E-state index is 0.312. The summed E-state index contributed by atoms with van der Waals surface area (Å²) in [7, 11) is 0. The third-order valence-electron chi connectivity index (χ3n) is 3.72. The summed E-state index contributed by atoms with van der Waals surface area (Å²) in [6.07, 6.45) is 10.0. The van der Waals surface area contributed by atoms with E-state index in [2.05, 4.69) is 29.1 Å². The molecule has 1 saturated carbocycles. The quantitative estimate of drug-likeness (QED) is 0.802. The minimum Gasteiger partial charge on any atom is -0.473 e. The van der Waals surface area contributed by atoms with Crippen LogP contribution in [0, 0.1) is 5.92 Å². The number of ether oxygens (including phenoxy) is 1. The Bertz CT molecular complexity index is 366. The maximum absolute atomic E-state index is 5.95. The zero-order valence-electron chi connectivity index (χ0n) is 12.1. The Kier molecular flexibility index (Phi) is 5.58. The highest BCUT2D eigenvalue weighted by atomic mass is 16.5. The van der Waals surface area contributed by atoms with Gasteiger partial charge in [-0.15, -0.1) is 0 Å². The zero-order valence-corrected chi connectivity index (χ0v) is 12.1. The number of nitrogens with zero attached hydrogens (tertiary/aromatic N) is 2. The molecule has 0 spiro atoms. The average molecular weight is 263 g/mol. The standard InChI is InChI=1S/C15H25N3O/c1-3-8-16-9-13-10-18-15(11-17-13)19-14-7-5-4-6-12(14)2/h10-12,14,16H,3-9H2,1-2H3. The van der Waals surface area contributed by atoms with E-state index >= 15 is 0 Å². The lowest BCUT2D eigenvalue weighted by molar-refractivity contribution is 0.0970. The van der Waals surface area contributed by atoms with Crippen molar-refractivity contribution in [3.05, 3.63) is 18.1 Å². The fourth-order valence-corrected chi connectivity index (χ4v) is 2.50. The predicted molar refractivity (Wildman–Crippen MR) is 76.1 cm³/mol. The number of rotatable bonds is 6. The van der Waals surface area contributed by atoms with Crippen LogP contribution in [0.1, 0.15) is 51.6 Å². The molecule has 1 heterocycles. The Morgan fingerprint density at radius 1 is 1.26 bits per heavy atom. The van der Waals surface area contributed by atoms with Crippen molar-refractivity contribution in [1.29, 1.82) is 0 Å². The molecule has 0 aliphatic heterocycles. The van der Waals surface area contributed by atoms with E-state index in [0.717, 1.165) is 31.6 Å². The van der Waals surface area contributed by atoms with Crippen LogP contribution in [0.4, 0.5) is 0 Å². The Hall–Kier alpha value is -1.16. The topological polar surface area (TPSA) is 47.0 Å². The summed E-state index contributed by atoms with van der Waals surface area (Å²) in [5.41, 5.74) is 0.970. The summed E-state index contributed by atoms with van der Waals surface area (Å²) in [5.74, 6) is 1.29. The van der Waals surface area contributed by atoms with Gasteiger partial charge in [-0.05, 0) is 38.1 Å². The van der Waals surface area contributed by atoms with Crippen LogP contribution < -0.4 is 10.1 Å². The van der Waals surface area contributed by atoms with E-state index in [1.807, 2.05) is 6.20 Å². The predicted octanol–water partition coefficient (Wildman–Crippen LogP) is 2.93. The van der Waals surface area contributed by atoms with Gasteiger partial charge in [-0.3, -0.25) is 4.98 Å². The molecule has 2 rings (SSSR count). The Morgan fingerprint density at radius 3 is 2.79 bits per heavy atom. The summed E-state index contributed by atoms with van der Waals surface area (Å²) in [6, 6.07) is 0. The summed E-state index contributed by atoms with van der Waals surface area (Å²) in [6.45, 7) is 6.21. The van der Waals surface area contributed by atoms with Crippen molar-refractivity contribution in [2.24, 2.45) is 5.92 Å². The van der Waals surface area contributed by atoms with Crippen LogP contribution in [0.2, 0.25) is 0 Å². The average Bonchev–Trinajstić information content (AvgIpc) is 2.44. The van der Waals surface area contributed by atoms with Gasteiger partial charge in [0.05, 0.1) is 18.1 Å². The van der Waals surface area contributed by atoms with Crippen molar-refractivity contribution in [3.63, 3.8) is 0 Å². The van der Waals surface area contributed by atoms with Gasteiger partial charge in [-0.1, -0.05) is 20.3 Å². The molecule has 2 atom stereocenters. The van der Waals surface area contributed by atoms with Crippen molar-refractivity contribution in [1.82, 2.24) is 15.3 Å². The van der Waals surface area contributed by atoms with E-state index in [4.69, 9.17) is 4.74 Å². The smallest absolute Gasteiger partial charge is 0.232 e. The first kappa shape index (κ1) is 14.3. The molecule has 0 aromatic carbocycles. The first-order valence-corrected chi connectivity index (χ1v) is 7.48. The van der Waals surface area contributed by atoms with Crippen LogP contribution >= 0.6 is 0 Å². The molecule has 1 aliphatic rings. The van der Waals surface area contributed by atoms with E-state index in [-0.39, 0.29) is 0 Å². The van der Waals surface area contributed by atoms with Crippen LogP contribution in [-0.4, -0.2) is 22.6 Å². The number of aromatic nitrogens is 2. The third-order valence-corrected chi connectivity index (χ3v) is 3.72. The number of nitrogens with one attached hydrogen (secondary N) is 1. The van der Waals surface area contributed by atoms with Gasteiger partial charge in [0, 0.05) is 6.54 Å². The van der Waals surface area contributed by atoms with Gasteiger partial charge in [0.1, 0.15) is 6.10 Å². The van der Waals surface area contributed by atoms with Crippen molar-refractivity contribution in [2.45, 2.75) is 58.6 Å². The van der Waals surface area contributed by atoms with Gasteiger partial charge < -0.3 is 10.1 Å². The minimum atomic E-state index is 0.312. The molecule has 1 aliphatic carbocycles. The first-order chi connectivity index (χ1) is 9.29. The summed E-state index contributed by atoms with van der Waals surface area (Å²) >= 11 is 0. The van der Waals surface area contributed by atoms with Crippen LogP contribution in [0.15, 0.2) is 12.4 Å². The molecule has 4 nitrogen and oxygen atoms in total. The molecule has 19 heavy (non-hydrogen) atoms. The molecule has 1 N–H and O–H groups in total. The Morgan fingerprint density at radius 2 is 2.11 bits per heavy atom. The lowest BCUT2D eigenvalue weighted by atomic mass is 9.88. The highest BCUT2D eigenvalue weighted by molar-refractivity contribution is 5.08. The third kappa shape index (κ3) is 4.46. The van der Waals surface area contributed by atoms with Crippen molar-refractivity contribution in [2.75, 3.05) is 6.54 Å². The fourth-order valence-electron chi connectivity index (χ4n) is 2.50. The molecule has 4 heteroatoms. The van der Waals surface area contributed by atoms with Crippen LogP contribution in [0.25, 0.3) is 0 Å². The molecule has 0 saturated heterocycles. The maximum atomic E-state index is 5.95. The lowest BCUT2D eigenvalue weighted by Gasteiger charge is -2.28. The maximum Gasteiger partial charge on any atom is 0.232 e. The lowest BCUT2D eigenvalue weighted by Crippen LogP contribution is -2.28. The SMILES string of the molecule is CCCNCc1cnc(OC2CCCCC2C)cn1. The van der Waals surface area contributed by atoms with Crippen LogP contribution in [0.3, 0.4) is 0 Å². The summed E-state index contributed by atoms with van der Waals surface area (Å²) in [5, 5.41) is 3.32. The van der Waals surface area contributed by atoms with E-state index < -0.39 is 0 Å². The second-order valence-corrected chi connectivity index (χ2v) is 5.44. The molecule has 1 aromatic rings. The molecular formula is C15H25N3O. The van der Waals surface area contributed by atoms with Crippen molar-refractivity contribution < 1.29 is 4.74 Å². The fraction of sp³-hybridized carbons (Fsp3) is 0.733. The largest absolute Gasteiger partial charge is 0.473 e. The van der Waals surface area contributed by atoms with Gasteiger partial charge in [0.2, 0.25) is 5.88 Å².